The van der Waals surface area contributed by atoms with Gasteiger partial charge in [0.25, 0.3) is 0 Å². The molecule has 4 aromatic carbocycles. The van der Waals surface area contributed by atoms with E-state index in [1.807, 2.05) is 24.3 Å². The monoisotopic (exact) mass is 707 g/mol. The molecule has 0 spiro atoms. The molecule has 0 amide bonds. The summed E-state index contributed by atoms with van der Waals surface area (Å²) in [6.45, 7) is 0. The average molecular weight is 708 g/mol. The van der Waals surface area contributed by atoms with Gasteiger partial charge in [-0.25, -0.2) is 9.97 Å². The van der Waals surface area contributed by atoms with Crippen LogP contribution in [-0.2, 0) is 16.8 Å². The van der Waals surface area contributed by atoms with Crippen LogP contribution in [0.2, 0.25) is 0 Å². The number of rotatable bonds is 4. The van der Waals surface area contributed by atoms with Crippen LogP contribution in [0.25, 0.3) is 90.9 Å². The van der Waals surface area contributed by atoms with Crippen molar-refractivity contribution < 1.29 is 27.7 Å². The second-order valence-electron chi connectivity index (χ2n) is 11.8. The molecule has 7 heteroatoms. The minimum atomic E-state index is 0. The molecule has 8 bridgehead atoms. The fourth-order valence-electron chi connectivity index (χ4n) is 6.69. The Bertz CT molecular complexity index is 2190. The molecule has 0 fully saturated rings. The van der Waals surface area contributed by atoms with Crippen molar-refractivity contribution in [2.24, 2.45) is 0 Å². The third-order valence-corrected chi connectivity index (χ3v) is 8.86. The molecule has 0 saturated heterocycles. The van der Waals surface area contributed by atoms with Crippen LogP contribution in [0, 0.1) is 0 Å². The summed E-state index contributed by atoms with van der Waals surface area (Å²) in [4.78, 5) is 21.2. The zero-order chi connectivity index (χ0) is 31.9. The molecule has 0 saturated carbocycles. The van der Waals surface area contributed by atoms with Crippen LogP contribution in [0.4, 0.5) is 0 Å². The van der Waals surface area contributed by atoms with E-state index in [1.165, 1.54) is 0 Å². The molecule has 0 atom stereocenters. The molecular formula is C44H32CoN4O2+. The fraction of sp³-hybridized carbons (Fsp3) is 0. The number of fused-ring (bicyclic) bond motifs is 8. The van der Waals surface area contributed by atoms with Gasteiger partial charge in [-0.05, 0) is 68.8 Å². The van der Waals surface area contributed by atoms with Gasteiger partial charge >= 0.3 is 16.8 Å². The molecule has 0 unspecified atom stereocenters. The topological polar surface area (TPSA) is 117 Å². The third kappa shape index (κ3) is 6.38. The van der Waals surface area contributed by atoms with Crippen molar-refractivity contribution >= 4 is 46.4 Å². The summed E-state index contributed by atoms with van der Waals surface area (Å²) in [5.74, 6) is 0. The molecule has 4 N–H and O–H groups in total. The first-order chi connectivity index (χ1) is 23.8. The Kier molecular flexibility index (Phi) is 10.1. The Morgan fingerprint density at radius 3 is 0.725 bits per heavy atom. The molecular weight excluding hydrogens is 675 g/mol. The van der Waals surface area contributed by atoms with Crippen LogP contribution in [0.1, 0.15) is 22.8 Å². The maximum Gasteiger partial charge on any atom is 3.00 e. The van der Waals surface area contributed by atoms with Gasteiger partial charge in [0, 0.05) is 0 Å². The van der Waals surface area contributed by atoms with Gasteiger partial charge in [0.15, 0.2) is 0 Å². The first-order valence-electron chi connectivity index (χ1n) is 16.1. The number of hydrogen-bond acceptors (Lipinski definition) is 2. The third-order valence-electron chi connectivity index (χ3n) is 8.86. The normalized spacial score (nSPS) is 11.3. The SMILES string of the molecule is C1=Cc2nc1c(-c1ccccc1)c1ccc([n-]1)c(-c1ccccc1)c1nc(c(-c3ccccc3)c3ccc([n-]3)c2-c2ccccc2)C=C1.O.O.[Co+3]. The van der Waals surface area contributed by atoms with Gasteiger partial charge in [-0.15, -0.1) is 22.1 Å². The summed E-state index contributed by atoms with van der Waals surface area (Å²) < 4.78 is 0. The van der Waals surface area contributed by atoms with Crippen molar-refractivity contribution in [3.63, 3.8) is 0 Å². The number of hydrogen-bond donors (Lipinski definition) is 0. The van der Waals surface area contributed by atoms with Crippen LogP contribution in [0.3, 0.4) is 0 Å². The predicted octanol–water partition coefficient (Wildman–Crippen LogP) is 8.93. The van der Waals surface area contributed by atoms with Crippen molar-refractivity contribution in [1.82, 2.24) is 19.9 Å². The van der Waals surface area contributed by atoms with Crippen molar-refractivity contribution in [3.8, 4) is 44.5 Å². The van der Waals surface area contributed by atoms with E-state index >= 15 is 0 Å². The van der Waals surface area contributed by atoms with Crippen LogP contribution < -0.4 is 9.97 Å². The smallest absolute Gasteiger partial charge is 0.657 e. The molecule has 5 heterocycles. The molecule has 2 aliphatic rings. The van der Waals surface area contributed by atoms with Gasteiger partial charge in [0.05, 0.1) is 22.8 Å². The summed E-state index contributed by atoms with van der Waals surface area (Å²) in [5.41, 5.74) is 15.0. The Morgan fingerprint density at radius 1 is 0.294 bits per heavy atom. The first-order valence-corrected chi connectivity index (χ1v) is 16.1. The minimum Gasteiger partial charge on any atom is -0.657 e. The second-order valence-corrected chi connectivity index (χ2v) is 11.8. The van der Waals surface area contributed by atoms with E-state index in [1.54, 1.807) is 0 Å². The van der Waals surface area contributed by atoms with Crippen LogP contribution >= 0.6 is 0 Å². The Labute approximate surface area is 305 Å². The summed E-state index contributed by atoms with van der Waals surface area (Å²) in [6.07, 6.45) is 8.41. The largest absolute Gasteiger partial charge is 3.00 e. The molecule has 2 aliphatic heterocycles. The predicted molar refractivity (Wildman–Crippen MR) is 206 cm³/mol. The van der Waals surface area contributed by atoms with Crippen molar-refractivity contribution in [2.75, 3.05) is 0 Å². The van der Waals surface area contributed by atoms with Crippen molar-refractivity contribution in [2.45, 2.75) is 0 Å². The van der Waals surface area contributed by atoms with E-state index in [-0.39, 0.29) is 27.7 Å². The van der Waals surface area contributed by atoms with Crippen molar-refractivity contribution in [1.29, 1.82) is 0 Å². The van der Waals surface area contributed by atoms with Gasteiger partial charge in [-0.2, -0.15) is 0 Å². The molecule has 9 rings (SSSR count). The van der Waals surface area contributed by atoms with E-state index in [0.29, 0.717) is 0 Å². The zero-order valence-corrected chi connectivity index (χ0v) is 28.3. The zero-order valence-electron chi connectivity index (χ0n) is 27.3. The fourth-order valence-corrected chi connectivity index (χ4v) is 6.69. The summed E-state index contributed by atoms with van der Waals surface area (Å²) in [6, 6.07) is 50.0. The van der Waals surface area contributed by atoms with Crippen LogP contribution in [-0.4, -0.2) is 20.9 Å². The molecule has 0 radical (unpaired) electrons. The molecule has 0 aliphatic carbocycles. The molecule has 248 valence electrons. The summed E-state index contributed by atoms with van der Waals surface area (Å²) in [7, 11) is 0. The maximum absolute atomic E-state index is 5.31. The van der Waals surface area contributed by atoms with E-state index in [4.69, 9.17) is 19.9 Å². The summed E-state index contributed by atoms with van der Waals surface area (Å²) in [5, 5.41) is 0. The van der Waals surface area contributed by atoms with E-state index in [0.717, 1.165) is 89.4 Å². The van der Waals surface area contributed by atoms with Crippen LogP contribution in [0.15, 0.2) is 146 Å². The Balaban J connectivity index is 0.00000149. The van der Waals surface area contributed by atoms with Gasteiger partial charge in [0.2, 0.25) is 0 Å². The van der Waals surface area contributed by atoms with Gasteiger partial charge in [0.1, 0.15) is 0 Å². The molecule has 7 aromatic rings. The van der Waals surface area contributed by atoms with E-state index in [2.05, 4.69) is 146 Å². The van der Waals surface area contributed by atoms with Gasteiger partial charge in [-0.1, -0.05) is 146 Å². The summed E-state index contributed by atoms with van der Waals surface area (Å²) >= 11 is 0. The van der Waals surface area contributed by atoms with Crippen LogP contribution in [0.5, 0.6) is 0 Å². The minimum absolute atomic E-state index is 0. The Morgan fingerprint density at radius 2 is 0.510 bits per heavy atom. The average Bonchev–Trinajstić information content (AvgIpc) is 3.98. The quantitative estimate of drug-likeness (QED) is 0.182. The second kappa shape index (κ2) is 14.8. The molecule has 51 heavy (non-hydrogen) atoms. The van der Waals surface area contributed by atoms with E-state index < -0.39 is 0 Å². The standard InChI is InChI=1S/C44H28N4.Co.2H2O/c1-5-13-29(14-6-1)41-33-21-23-35(45-33)42(30-15-7-2-8-16-30)37-25-27-39(47-37)44(32-19-11-4-12-20-32)40-28-26-38(48-40)43(31-17-9-3-10-18-31)36-24-22-34(41)46-36;;;/h1-28H;;2*1H2/q-2;+3;;. The van der Waals surface area contributed by atoms with E-state index in [9.17, 15) is 0 Å². The molecule has 6 nitrogen and oxygen atoms in total. The van der Waals surface area contributed by atoms with Crippen molar-refractivity contribution in [3.05, 3.63) is 168 Å². The Hall–Kier alpha value is -6.09. The maximum atomic E-state index is 5.31. The number of aromatic nitrogens is 4. The first kappa shape index (κ1) is 34.8. The van der Waals surface area contributed by atoms with Gasteiger partial charge < -0.3 is 20.9 Å². The number of nitrogens with zero attached hydrogens (tertiary/aromatic N) is 4. The molecule has 3 aromatic heterocycles. The van der Waals surface area contributed by atoms with Gasteiger partial charge in [-0.3, -0.25) is 0 Å². The number of benzene rings is 4.